The molecule has 0 radical (unpaired) electrons. The first-order valence-electron chi connectivity index (χ1n) is 17.2. The van der Waals surface area contributed by atoms with Crippen molar-refractivity contribution in [2.75, 3.05) is 31.3 Å². The van der Waals surface area contributed by atoms with Gasteiger partial charge in [0.05, 0.1) is 31.1 Å². The molecular weight excluding hydrogens is 554 g/mol. The van der Waals surface area contributed by atoms with E-state index in [1.807, 2.05) is 6.92 Å². The minimum atomic E-state index is -0.844. The number of aliphatic imine (C=N–C) groups is 1. The molecule has 0 aliphatic carbocycles. The average Bonchev–Trinajstić information content (AvgIpc) is 2.97. The van der Waals surface area contributed by atoms with Gasteiger partial charge in [0.25, 0.3) is 0 Å². The molecule has 0 aromatic heterocycles. The van der Waals surface area contributed by atoms with Crippen LogP contribution in [0.25, 0.3) is 0 Å². The van der Waals surface area contributed by atoms with E-state index in [2.05, 4.69) is 11.9 Å². The van der Waals surface area contributed by atoms with E-state index in [1.165, 1.54) is 64.2 Å². The number of allylic oxidation sites excluding steroid dienone is 1. The zero-order valence-electron chi connectivity index (χ0n) is 28.4. The zero-order valence-corrected chi connectivity index (χ0v) is 28.4. The van der Waals surface area contributed by atoms with E-state index in [9.17, 15) is 9.59 Å². The summed E-state index contributed by atoms with van der Waals surface area (Å²) in [5.74, 6) is -2.12. The second kappa shape index (κ2) is 20.1. The molecule has 8 nitrogen and oxygen atoms in total. The summed E-state index contributed by atoms with van der Waals surface area (Å²) in [6, 6.07) is 1.73. The van der Waals surface area contributed by atoms with E-state index >= 15 is 0 Å². The molecule has 248 valence electrons. The van der Waals surface area contributed by atoms with Crippen LogP contribution in [0, 0.1) is 5.92 Å². The number of hydrogen-bond donors (Lipinski definition) is 2. The van der Waals surface area contributed by atoms with Gasteiger partial charge in [0.15, 0.2) is 0 Å². The van der Waals surface area contributed by atoms with Crippen molar-refractivity contribution in [3.8, 4) is 5.75 Å². The number of hydrogen-bond acceptors (Lipinski definition) is 8. The lowest BCUT2D eigenvalue weighted by Crippen LogP contribution is -2.37. The highest BCUT2D eigenvalue weighted by molar-refractivity contribution is 6.07. The summed E-state index contributed by atoms with van der Waals surface area (Å²) in [7, 11) is 0. The van der Waals surface area contributed by atoms with Gasteiger partial charge in [-0.3, -0.25) is 9.79 Å². The molecule has 1 aliphatic rings. The van der Waals surface area contributed by atoms with Gasteiger partial charge in [-0.05, 0) is 59.1 Å². The topological polar surface area (TPSA) is 126 Å². The number of nitrogens with two attached hydrogens (primary N) is 2. The van der Waals surface area contributed by atoms with Gasteiger partial charge in [0, 0.05) is 28.6 Å². The number of rotatable bonds is 21. The van der Waals surface area contributed by atoms with Crippen LogP contribution >= 0.6 is 0 Å². The monoisotopic (exact) mass is 613 g/mol. The Labute approximate surface area is 266 Å². The molecule has 2 atom stereocenters. The summed E-state index contributed by atoms with van der Waals surface area (Å²) in [5.41, 5.74) is 17.0. The number of benzene rings is 1. The molecular formula is C36H59N3O5. The van der Waals surface area contributed by atoms with Crippen LogP contribution in [-0.2, 0) is 25.5 Å². The Morgan fingerprint density at radius 1 is 0.750 bits per heavy atom. The molecule has 1 heterocycles. The van der Waals surface area contributed by atoms with E-state index in [-0.39, 0.29) is 13.2 Å². The van der Waals surface area contributed by atoms with E-state index in [4.69, 9.17) is 25.7 Å². The lowest BCUT2D eigenvalue weighted by molar-refractivity contribution is -0.146. The SMILES string of the molecule is CCCCCCCCCCCCCCCc1c(N)cc(N)c(OCC)c1C1C(C(=O)OCC)=C(C)N=C(C)C1C(=O)OCC. The number of carbonyl (C=O) groups is 2. The highest BCUT2D eigenvalue weighted by Crippen LogP contribution is 2.48. The fourth-order valence-electron chi connectivity index (χ4n) is 6.36. The van der Waals surface area contributed by atoms with Crippen LogP contribution < -0.4 is 16.2 Å². The number of nitrogen functional groups attached to an aromatic ring is 2. The van der Waals surface area contributed by atoms with Gasteiger partial charge in [0.2, 0.25) is 0 Å². The van der Waals surface area contributed by atoms with Gasteiger partial charge in [-0.25, -0.2) is 4.79 Å². The van der Waals surface area contributed by atoms with E-state index in [0.29, 0.717) is 52.7 Å². The van der Waals surface area contributed by atoms with Gasteiger partial charge in [-0.1, -0.05) is 84.0 Å². The molecule has 0 saturated carbocycles. The van der Waals surface area contributed by atoms with Crippen molar-refractivity contribution in [2.45, 2.75) is 137 Å². The maximum Gasteiger partial charge on any atom is 0.336 e. The first-order valence-corrected chi connectivity index (χ1v) is 17.2. The lowest BCUT2D eigenvalue weighted by atomic mass is 9.73. The second-order valence-corrected chi connectivity index (χ2v) is 11.9. The van der Waals surface area contributed by atoms with Crippen LogP contribution in [0.5, 0.6) is 5.75 Å². The summed E-state index contributed by atoms with van der Waals surface area (Å²) in [6.07, 6.45) is 17.1. The first kappa shape index (κ1) is 37.2. The largest absolute Gasteiger partial charge is 0.491 e. The molecule has 2 unspecified atom stereocenters. The van der Waals surface area contributed by atoms with Gasteiger partial charge in [-0.2, -0.15) is 0 Å². The third-order valence-corrected chi connectivity index (χ3v) is 8.49. The smallest absolute Gasteiger partial charge is 0.336 e. The summed E-state index contributed by atoms with van der Waals surface area (Å²) in [5, 5.41) is 0. The van der Waals surface area contributed by atoms with Crippen molar-refractivity contribution in [1.82, 2.24) is 0 Å². The van der Waals surface area contributed by atoms with Crippen LogP contribution in [0.2, 0.25) is 0 Å². The fraction of sp³-hybridized carbons (Fsp3) is 0.694. The predicted octanol–water partition coefficient (Wildman–Crippen LogP) is 8.46. The van der Waals surface area contributed by atoms with Crippen molar-refractivity contribution in [3.63, 3.8) is 0 Å². The molecule has 0 bridgehead atoms. The van der Waals surface area contributed by atoms with Crippen molar-refractivity contribution in [1.29, 1.82) is 0 Å². The molecule has 4 N–H and O–H groups in total. The number of anilines is 2. The van der Waals surface area contributed by atoms with Gasteiger partial charge in [0.1, 0.15) is 11.7 Å². The minimum Gasteiger partial charge on any atom is -0.491 e. The van der Waals surface area contributed by atoms with E-state index < -0.39 is 23.8 Å². The molecule has 1 aromatic rings. The van der Waals surface area contributed by atoms with Gasteiger partial charge >= 0.3 is 11.9 Å². The fourth-order valence-corrected chi connectivity index (χ4v) is 6.36. The number of nitrogens with zero attached hydrogens (tertiary/aromatic N) is 1. The molecule has 1 aliphatic heterocycles. The first-order chi connectivity index (χ1) is 21.2. The summed E-state index contributed by atoms with van der Waals surface area (Å²) < 4.78 is 17.1. The molecule has 2 rings (SSSR count). The third kappa shape index (κ3) is 10.6. The molecule has 0 amide bonds. The minimum absolute atomic E-state index is 0.193. The standard InChI is InChI=1S/C36H59N3O5/c1-7-11-12-13-14-15-16-17-18-19-20-21-22-23-27-28(37)24-29(38)34(42-8-2)32(27)33-30(35(40)43-9-3)25(5)39-26(6)31(33)36(41)44-10-4/h24,30,33H,7-23,37-38H2,1-6H3. The van der Waals surface area contributed by atoms with Crippen LogP contribution in [0.4, 0.5) is 11.4 Å². The summed E-state index contributed by atoms with van der Waals surface area (Å²) >= 11 is 0. The van der Waals surface area contributed by atoms with Crippen molar-refractivity contribution in [2.24, 2.45) is 10.9 Å². The Balaban J connectivity index is 2.30. The van der Waals surface area contributed by atoms with Gasteiger partial charge < -0.3 is 25.7 Å². The van der Waals surface area contributed by atoms with Crippen LogP contribution in [0.15, 0.2) is 22.3 Å². The molecule has 1 aromatic carbocycles. The van der Waals surface area contributed by atoms with Crippen LogP contribution in [0.1, 0.15) is 142 Å². The second-order valence-electron chi connectivity index (χ2n) is 11.9. The highest BCUT2D eigenvalue weighted by atomic mass is 16.5. The molecule has 8 heteroatoms. The van der Waals surface area contributed by atoms with Crippen molar-refractivity contribution in [3.05, 3.63) is 28.5 Å². The van der Waals surface area contributed by atoms with Crippen LogP contribution in [-0.4, -0.2) is 37.5 Å². The summed E-state index contributed by atoms with van der Waals surface area (Å²) in [6.45, 7) is 12.0. The molecule has 0 spiro atoms. The molecule has 44 heavy (non-hydrogen) atoms. The predicted molar refractivity (Wildman–Crippen MR) is 181 cm³/mol. The average molecular weight is 614 g/mol. The highest BCUT2D eigenvalue weighted by Gasteiger charge is 2.45. The summed E-state index contributed by atoms with van der Waals surface area (Å²) in [4.78, 5) is 31.5. The van der Waals surface area contributed by atoms with Crippen molar-refractivity contribution < 1.29 is 23.8 Å². The molecule has 0 fully saturated rings. The quantitative estimate of drug-likeness (QED) is 0.0809. The van der Waals surface area contributed by atoms with E-state index in [1.54, 1.807) is 33.8 Å². The Kier molecular flexibility index (Phi) is 17.0. The zero-order chi connectivity index (χ0) is 32.5. The lowest BCUT2D eigenvalue weighted by Gasteiger charge is -2.34. The van der Waals surface area contributed by atoms with Gasteiger partial charge in [-0.15, -0.1) is 0 Å². The van der Waals surface area contributed by atoms with E-state index in [0.717, 1.165) is 24.8 Å². The Bertz CT molecular complexity index is 1130. The van der Waals surface area contributed by atoms with Crippen LogP contribution in [0.3, 0.4) is 0 Å². The maximum absolute atomic E-state index is 13.5. The number of unbranched alkanes of at least 4 members (excludes halogenated alkanes) is 12. The molecule has 0 saturated heterocycles. The normalized spacial score (nSPS) is 16.5. The number of esters is 2. The Morgan fingerprint density at radius 2 is 1.30 bits per heavy atom. The Morgan fingerprint density at radius 3 is 1.82 bits per heavy atom. The number of ether oxygens (including phenoxy) is 3. The van der Waals surface area contributed by atoms with Crippen molar-refractivity contribution >= 4 is 29.0 Å². The third-order valence-electron chi connectivity index (χ3n) is 8.49. The number of carbonyl (C=O) groups excluding carboxylic acids is 2. The maximum atomic E-state index is 13.5. The Hall–Kier alpha value is -3.03.